The molecule has 126 valence electrons. The predicted molar refractivity (Wildman–Crippen MR) is 93.4 cm³/mol. The Morgan fingerprint density at radius 3 is 2.42 bits per heavy atom. The van der Waals surface area contributed by atoms with Crippen molar-refractivity contribution in [2.75, 3.05) is 13.2 Å². The van der Waals surface area contributed by atoms with Crippen molar-refractivity contribution < 1.29 is 17.9 Å². The molecule has 0 aliphatic carbocycles. The molecule has 2 aromatic carbocycles. The molecule has 2 aromatic rings. The van der Waals surface area contributed by atoms with Crippen LogP contribution in [0, 0.1) is 12.3 Å². The van der Waals surface area contributed by atoms with Crippen LogP contribution in [0.4, 0.5) is 0 Å². The molecule has 2 N–H and O–H groups in total. The Morgan fingerprint density at radius 2 is 1.83 bits per heavy atom. The van der Waals surface area contributed by atoms with Crippen LogP contribution in [0.15, 0.2) is 47.4 Å². The fourth-order valence-corrected chi connectivity index (χ4v) is 2.63. The first-order valence-electron chi connectivity index (χ1n) is 7.42. The third kappa shape index (κ3) is 4.51. The molecule has 0 heterocycles. The average molecular weight is 345 g/mol. The van der Waals surface area contributed by atoms with Crippen LogP contribution >= 0.6 is 0 Å². The highest BCUT2D eigenvalue weighted by Crippen LogP contribution is 2.33. The number of rotatable bonds is 7. The Morgan fingerprint density at radius 1 is 1.12 bits per heavy atom. The zero-order valence-corrected chi connectivity index (χ0v) is 14.2. The maximum atomic E-state index is 11.5. The second kappa shape index (κ2) is 7.86. The standard InChI is InChI=1S/C18H19NO4S/c1-3-11-22-15-7-5-14(6-8-15)17-10-9-16(24(19,20)21)13-18(17)23-12-4-2/h1,5-10,13H,4,11-12H2,2H3,(H2,19,20,21). The zero-order chi connectivity index (χ0) is 17.6. The van der Waals surface area contributed by atoms with E-state index in [1.807, 2.05) is 19.1 Å². The van der Waals surface area contributed by atoms with Crippen LogP contribution in [0.1, 0.15) is 13.3 Å². The molecule has 0 aliphatic rings. The van der Waals surface area contributed by atoms with E-state index in [-0.39, 0.29) is 11.5 Å². The molecular weight excluding hydrogens is 326 g/mol. The highest BCUT2D eigenvalue weighted by molar-refractivity contribution is 7.89. The minimum atomic E-state index is -3.79. The zero-order valence-electron chi connectivity index (χ0n) is 13.4. The maximum Gasteiger partial charge on any atom is 0.238 e. The van der Waals surface area contributed by atoms with Gasteiger partial charge in [-0.15, -0.1) is 6.42 Å². The van der Waals surface area contributed by atoms with E-state index in [0.29, 0.717) is 18.1 Å². The second-order valence-electron chi connectivity index (χ2n) is 5.07. The smallest absolute Gasteiger partial charge is 0.238 e. The molecule has 0 aromatic heterocycles. The Balaban J connectivity index is 2.39. The first-order chi connectivity index (χ1) is 11.5. The summed E-state index contributed by atoms with van der Waals surface area (Å²) in [5.41, 5.74) is 1.65. The third-order valence-corrected chi connectivity index (χ3v) is 4.14. The van der Waals surface area contributed by atoms with Gasteiger partial charge in [-0.2, -0.15) is 0 Å². The predicted octanol–water partition coefficient (Wildman–Crippen LogP) is 2.80. The molecular formula is C18H19NO4S. The van der Waals surface area contributed by atoms with Gasteiger partial charge in [0.1, 0.15) is 18.1 Å². The van der Waals surface area contributed by atoms with Crippen molar-refractivity contribution in [3.8, 4) is 35.0 Å². The molecule has 0 atom stereocenters. The van der Waals surface area contributed by atoms with Gasteiger partial charge in [0.2, 0.25) is 10.0 Å². The monoisotopic (exact) mass is 345 g/mol. The summed E-state index contributed by atoms with van der Waals surface area (Å²) in [5, 5.41) is 5.19. The van der Waals surface area contributed by atoms with Gasteiger partial charge in [0.25, 0.3) is 0 Å². The van der Waals surface area contributed by atoms with Gasteiger partial charge >= 0.3 is 0 Å². The lowest BCUT2D eigenvalue weighted by Crippen LogP contribution is -2.12. The van der Waals surface area contributed by atoms with E-state index in [0.717, 1.165) is 17.5 Å². The highest BCUT2D eigenvalue weighted by Gasteiger charge is 2.14. The summed E-state index contributed by atoms with van der Waals surface area (Å²) in [7, 11) is -3.79. The van der Waals surface area contributed by atoms with Gasteiger partial charge in [-0.25, -0.2) is 13.6 Å². The first kappa shape index (κ1) is 17.9. The van der Waals surface area contributed by atoms with Crippen molar-refractivity contribution in [3.05, 3.63) is 42.5 Å². The summed E-state index contributed by atoms with van der Waals surface area (Å²) >= 11 is 0. The van der Waals surface area contributed by atoms with Crippen molar-refractivity contribution in [1.29, 1.82) is 0 Å². The summed E-state index contributed by atoms with van der Waals surface area (Å²) in [5.74, 6) is 3.54. The van der Waals surface area contributed by atoms with E-state index in [2.05, 4.69) is 5.92 Å². The van der Waals surface area contributed by atoms with Crippen LogP contribution in [0.3, 0.4) is 0 Å². The Kier molecular flexibility index (Phi) is 5.85. The van der Waals surface area contributed by atoms with Gasteiger partial charge in [-0.3, -0.25) is 0 Å². The molecule has 0 amide bonds. The number of primary sulfonamides is 1. The molecule has 24 heavy (non-hydrogen) atoms. The van der Waals surface area contributed by atoms with Crippen LogP contribution < -0.4 is 14.6 Å². The minimum absolute atomic E-state index is 0.0197. The number of terminal acetylenes is 1. The molecule has 0 aliphatic heterocycles. The summed E-state index contributed by atoms with van der Waals surface area (Å²) in [6.07, 6.45) is 5.97. The average Bonchev–Trinajstić information content (AvgIpc) is 2.57. The first-order valence-corrected chi connectivity index (χ1v) is 8.96. The second-order valence-corrected chi connectivity index (χ2v) is 6.63. The van der Waals surface area contributed by atoms with Gasteiger partial charge in [0.15, 0.2) is 0 Å². The molecule has 0 fully saturated rings. The van der Waals surface area contributed by atoms with Gasteiger partial charge < -0.3 is 9.47 Å². The molecule has 2 rings (SSSR count). The van der Waals surface area contributed by atoms with Crippen LogP contribution in [0.2, 0.25) is 0 Å². The summed E-state index contributed by atoms with van der Waals surface area (Å²) < 4.78 is 34.1. The molecule has 0 radical (unpaired) electrons. The van der Waals surface area contributed by atoms with Crippen molar-refractivity contribution in [1.82, 2.24) is 0 Å². The normalized spacial score (nSPS) is 10.9. The summed E-state index contributed by atoms with van der Waals surface area (Å²) in [6, 6.07) is 11.9. The van der Waals surface area contributed by atoms with E-state index in [9.17, 15) is 8.42 Å². The molecule has 0 unspecified atom stereocenters. The minimum Gasteiger partial charge on any atom is -0.493 e. The van der Waals surface area contributed by atoms with Crippen molar-refractivity contribution in [3.63, 3.8) is 0 Å². The molecule has 0 saturated carbocycles. The molecule has 0 saturated heterocycles. The van der Waals surface area contributed by atoms with Gasteiger partial charge in [0, 0.05) is 11.6 Å². The largest absolute Gasteiger partial charge is 0.493 e. The van der Waals surface area contributed by atoms with E-state index < -0.39 is 10.0 Å². The molecule has 6 heteroatoms. The van der Waals surface area contributed by atoms with Gasteiger partial charge in [-0.05, 0) is 36.2 Å². The number of hydrogen-bond donors (Lipinski definition) is 1. The lowest BCUT2D eigenvalue weighted by molar-refractivity contribution is 0.318. The fraction of sp³-hybridized carbons (Fsp3) is 0.222. The number of sulfonamides is 1. The lowest BCUT2D eigenvalue weighted by atomic mass is 10.0. The number of nitrogens with two attached hydrogens (primary N) is 1. The number of hydrogen-bond acceptors (Lipinski definition) is 4. The summed E-state index contributed by atoms with van der Waals surface area (Å²) in [6.45, 7) is 2.65. The van der Waals surface area contributed by atoms with Crippen LogP contribution in [0.25, 0.3) is 11.1 Å². The van der Waals surface area contributed by atoms with Crippen LogP contribution in [-0.2, 0) is 10.0 Å². The molecule has 0 bridgehead atoms. The lowest BCUT2D eigenvalue weighted by Gasteiger charge is -2.13. The van der Waals surface area contributed by atoms with Gasteiger partial charge in [0.05, 0.1) is 11.5 Å². The SMILES string of the molecule is C#CCOc1ccc(-c2ccc(S(N)(=O)=O)cc2OCCC)cc1. The Labute approximate surface area is 142 Å². The topological polar surface area (TPSA) is 78.6 Å². The molecule has 5 nitrogen and oxygen atoms in total. The third-order valence-electron chi connectivity index (χ3n) is 3.23. The maximum absolute atomic E-state index is 11.5. The fourth-order valence-electron chi connectivity index (χ4n) is 2.11. The number of ether oxygens (including phenoxy) is 2. The van der Waals surface area contributed by atoms with Crippen LogP contribution in [0.5, 0.6) is 11.5 Å². The van der Waals surface area contributed by atoms with Crippen LogP contribution in [-0.4, -0.2) is 21.6 Å². The molecule has 0 spiro atoms. The number of benzene rings is 2. The van der Waals surface area contributed by atoms with Gasteiger partial charge in [-0.1, -0.05) is 25.0 Å². The Hall–Kier alpha value is -2.49. The highest BCUT2D eigenvalue weighted by atomic mass is 32.2. The van der Waals surface area contributed by atoms with E-state index in [1.165, 1.54) is 12.1 Å². The van der Waals surface area contributed by atoms with E-state index in [4.69, 9.17) is 21.0 Å². The summed E-state index contributed by atoms with van der Waals surface area (Å²) in [4.78, 5) is 0.0197. The van der Waals surface area contributed by atoms with Crippen molar-refractivity contribution in [2.45, 2.75) is 18.2 Å². The quantitative estimate of drug-likeness (QED) is 0.783. The Bertz CT molecular complexity index is 836. The van der Waals surface area contributed by atoms with Crippen molar-refractivity contribution in [2.24, 2.45) is 5.14 Å². The van der Waals surface area contributed by atoms with E-state index >= 15 is 0 Å². The van der Waals surface area contributed by atoms with Crippen molar-refractivity contribution >= 4 is 10.0 Å². The van der Waals surface area contributed by atoms with E-state index in [1.54, 1.807) is 18.2 Å².